The third-order valence-electron chi connectivity index (χ3n) is 4.14. The maximum atomic E-state index is 12.5. The van der Waals surface area contributed by atoms with Crippen LogP contribution in [0.2, 0.25) is 0 Å². The van der Waals surface area contributed by atoms with Gasteiger partial charge in [-0.1, -0.05) is 19.9 Å². The second-order valence-electron chi connectivity index (χ2n) is 6.77. The highest BCUT2D eigenvalue weighted by Crippen LogP contribution is 2.20. The van der Waals surface area contributed by atoms with Gasteiger partial charge in [-0.15, -0.1) is 5.10 Å². The number of carbonyl (C=O) groups excluding carboxylic acids is 1. The molecule has 0 aliphatic rings. The Bertz CT molecular complexity index is 889. The zero-order valence-electron chi connectivity index (χ0n) is 15.7. The predicted octanol–water partition coefficient (Wildman–Crippen LogP) is 3.65. The Kier molecular flexibility index (Phi) is 5.80. The molecule has 0 aliphatic carbocycles. The van der Waals surface area contributed by atoms with Crippen molar-refractivity contribution >= 4 is 11.6 Å². The van der Waals surface area contributed by atoms with Crippen LogP contribution in [0.5, 0.6) is 5.75 Å². The molecule has 1 heterocycles. The topological polar surface area (TPSA) is 81.9 Å². The SMILES string of the molecule is Cc1ccc(NC(=O)c2ccc(OCCC(C)C)cc2)cc1-n1cnnn1. The number of aryl methyl sites for hydroxylation is 1. The Morgan fingerprint density at radius 2 is 1.96 bits per heavy atom. The summed E-state index contributed by atoms with van der Waals surface area (Å²) < 4.78 is 7.25. The van der Waals surface area contributed by atoms with Gasteiger partial charge in [-0.3, -0.25) is 4.79 Å². The number of benzene rings is 2. The van der Waals surface area contributed by atoms with Crippen LogP contribution in [0.3, 0.4) is 0 Å². The van der Waals surface area contributed by atoms with E-state index in [9.17, 15) is 4.79 Å². The van der Waals surface area contributed by atoms with E-state index in [2.05, 4.69) is 34.7 Å². The molecule has 27 heavy (non-hydrogen) atoms. The molecule has 2 aromatic carbocycles. The quantitative estimate of drug-likeness (QED) is 0.691. The number of tetrazole rings is 1. The molecule has 0 unspecified atom stereocenters. The number of amides is 1. The lowest BCUT2D eigenvalue weighted by Gasteiger charge is -2.11. The number of aromatic nitrogens is 4. The molecule has 7 heteroatoms. The Morgan fingerprint density at radius 1 is 1.19 bits per heavy atom. The molecule has 0 saturated carbocycles. The van der Waals surface area contributed by atoms with Crippen LogP contribution in [0.4, 0.5) is 5.69 Å². The molecular weight excluding hydrogens is 342 g/mol. The van der Waals surface area contributed by atoms with Gasteiger partial charge in [0.1, 0.15) is 12.1 Å². The normalized spacial score (nSPS) is 10.8. The third kappa shape index (κ3) is 4.91. The van der Waals surface area contributed by atoms with E-state index in [4.69, 9.17) is 4.74 Å². The van der Waals surface area contributed by atoms with Gasteiger partial charge in [-0.05, 0) is 71.7 Å². The van der Waals surface area contributed by atoms with E-state index in [1.807, 2.05) is 37.3 Å². The van der Waals surface area contributed by atoms with Crippen molar-refractivity contribution in [2.75, 3.05) is 11.9 Å². The highest BCUT2D eigenvalue weighted by atomic mass is 16.5. The van der Waals surface area contributed by atoms with Crippen LogP contribution in [0.25, 0.3) is 5.69 Å². The molecule has 0 spiro atoms. The van der Waals surface area contributed by atoms with Crippen LogP contribution in [-0.2, 0) is 0 Å². The molecular formula is C20H23N5O2. The molecule has 140 valence electrons. The summed E-state index contributed by atoms with van der Waals surface area (Å²) in [6.45, 7) is 6.95. The van der Waals surface area contributed by atoms with Crippen LogP contribution in [0.1, 0.15) is 36.2 Å². The summed E-state index contributed by atoms with van der Waals surface area (Å²) in [5.41, 5.74) is 3.05. The number of anilines is 1. The lowest BCUT2D eigenvalue weighted by Crippen LogP contribution is -2.12. The zero-order chi connectivity index (χ0) is 19.2. The fourth-order valence-electron chi connectivity index (χ4n) is 2.52. The molecule has 0 radical (unpaired) electrons. The Labute approximate surface area is 158 Å². The molecule has 0 fully saturated rings. The minimum atomic E-state index is -0.185. The molecule has 3 rings (SSSR count). The summed E-state index contributed by atoms with van der Waals surface area (Å²) in [5, 5.41) is 14.1. The Hall–Kier alpha value is -3.22. The van der Waals surface area contributed by atoms with Crippen molar-refractivity contribution in [3.05, 3.63) is 59.9 Å². The van der Waals surface area contributed by atoms with Crippen molar-refractivity contribution in [3.63, 3.8) is 0 Å². The molecule has 1 N–H and O–H groups in total. The summed E-state index contributed by atoms with van der Waals surface area (Å²) in [4.78, 5) is 12.5. The lowest BCUT2D eigenvalue weighted by molar-refractivity contribution is 0.102. The van der Waals surface area contributed by atoms with Crippen molar-refractivity contribution in [2.24, 2.45) is 5.92 Å². The van der Waals surface area contributed by atoms with Gasteiger partial charge in [0.2, 0.25) is 0 Å². The first-order valence-corrected chi connectivity index (χ1v) is 8.91. The molecule has 0 aliphatic heterocycles. The van der Waals surface area contributed by atoms with E-state index in [0.29, 0.717) is 23.8 Å². The third-order valence-corrected chi connectivity index (χ3v) is 4.14. The molecule has 7 nitrogen and oxygen atoms in total. The number of nitrogens with zero attached hydrogens (tertiary/aromatic N) is 4. The lowest BCUT2D eigenvalue weighted by atomic mass is 10.1. The highest BCUT2D eigenvalue weighted by Gasteiger charge is 2.09. The van der Waals surface area contributed by atoms with Crippen LogP contribution >= 0.6 is 0 Å². The number of carbonyl (C=O) groups is 1. The summed E-state index contributed by atoms with van der Waals surface area (Å²) >= 11 is 0. The average molecular weight is 365 g/mol. The molecule has 1 amide bonds. The highest BCUT2D eigenvalue weighted by molar-refractivity contribution is 6.04. The monoisotopic (exact) mass is 365 g/mol. The van der Waals surface area contributed by atoms with Gasteiger partial charge in [0.15, 0.2) is 0 Å². The first kappa shape index (κ1) is 18.6. The zero-order valence-corrected chi connectivity index (χ0v) is 15.7. The summed E-state index contributed by atoms with van der Waals surface area (Å²) in [7, 11) is 0. The van der Waals surface area contributed by atoms with E-state index < -0.39 is 0 Å². The number of nitrogens with one attached hydrogen (secondary N) is 1. The Balaban J connectivity index is 1.66. The first-order valence-electron chi connectivity index (χ1n) is 8.91. The van der Waals surface area contributed by atoms with Crippen LogP contribution in [0, 0.1) is 12.8 Å². The number of ether oxygens (including phenoxy) is 1. The van der Waals surface area contributed by atoms with E-state index >= 15 is 0 Å². The Morgan fingerprint density at radius 3 is 2.63 bits per heavy atom. The molecule has 0 atom stereocenters. The van der Waals surface area contributed by atoms with Gasteiger partial charge in [0, 0.05) is 11.3 Å². The molecule has 0 bridgehead atoms. The van der Waals surface area contributed by atoms with E-state index in [-0.39, 0.29) is 5.91 Å². The van der Waals surface area contributed by atoms with Gasteiger partial charge in [-0.25, -0.2) is 4.68 Å². The second-order valence-corrected chi connectivity index (χ2v) is 6.77. The van der Waals surface area contributed by atoms with Crippen LogP contribution in [0.15, 0.2) is 48.8 Å². The summed E-state index contributed by atoms with van der Waals surface area (Å²) in [6.07, 6.45) is 2.52. The van der Waals surface area contributed by atoms with Crippen LogP contribution < -0.4 is 10.1 Å². The number of hydrogen-bond acceptors (Lipinski definition) is 5. The van der Waals surface area contributed by atoms with E-state index in [1.54, 1.807) is 16.8 Å². The van der Waals surface area contributed by atoms with Crippen molar-refractivity contribution in [1.82, 2.24) is 20.2 Å². The molecule has 1 aromatic heterocycles. The predicted molar refractivity (Wildman–Crippen MR) is 103 cm³/mol. The van der Waals surface area contributed by atoms with E-state index in [1.165, 1.54) is 6.33 Å². The second kappa shape index (κ2) is 8.44. The number of rotatable bonds is 7. The average Bonchev–Trinajstić information content (AvgIpc) is 3.18. The standard InChI is InChI=1S/C20H23N5O2/c1-14(2)10-11-27-18-8-5-16(6-9-18)20(26)22-17-7-4-15(3)19(12-17)25-13-21-23-24-25/h4-9,12-14H,10-11H2,1-3H3,(H,22,26). The van der Waals surface area contributed by atoms with Crippen molar-refractivity contribution in [2.45, 2.75) is 27.2 Å². The van der Waals surface area contributed by atoms with Gasteiger partial charge in [0.05, 0.1) is 12.3 Å². The maximum absolute atomic E-state index is 12.5. The van der Waals surface area contributed by atoms with Gasteiger partial charge in [-0.2, -0.15) is 0 Å². The first-order chi connectivity index (χ1) is 13.0. The van der Waals surface area contributed by atoms with Gasteiger partial charge >= 0.3 is 0 Å². The largest absolute Gasteiger partial charge is 0.494 e. The fraction of sp³-hybridized carbons (Fsp3) is 0.300. The van der Waals surface area contributed by atoms with Gasteiger partial charge < -0.3 is 10.1 Å². The minimum absolute atomic E-state index is 0.185. The summed E-state index contributed by atoms with van der Waals surface area (Å²) in [6, 6.07) is 12.8. The fourth-order valence-corrected chi connectivity index (χ4v) is 2.52. The number of hydrogen-bond donors (Lipinski definition) is 1. The van der Waals surface area contributed by atoms with Crippen molar-refractivity contribution < 1.29 is 9.53 Å². The van der Waals surface area contributed by atoms with Crippen molar-refractivity contribution in [1.29, 1.82) is 0 Å². The van der Waals surface area contributed by atoms with Crippen molar-refractivity contribution in [3.8, 4) is 11.4 Å². The summed E-state index contributed by atoms with van der Waals surface area (Å²) in [5.74, 6) is 1.18. The minimum Gasteiger partial charge on any atom is -0.494 e. The van der Waals surface area contributed by atoms with Gasteiger partial charge in [0.25, 0.3) is 5.91 Å². The molecule has 0 saturated heterocycles. The maximum Gasteiger partial charge on any atom is 0.255 e. The van der Waals surface area contributed by atoms with Crippen LogP contribution in [-0.4, -0.2) is 32.7 Å². The smallest absolute Gasteiger partial charge is 0.255 e. The molecule has 3 aromatic rings. The van der Waals surface area contributed by atoms with E-state index in [0.717, 1.165) is 23.4 Å².